The third-order valence-electron chi connectivity index (χ3n) is 4.71. The number of aromatic amines is 1. The van der Waals surface area contributed by atoms with E-state index in [1.54, 1.807) is 0 Å². The maximum atomic E-state index is 12.2. The summed E-state index contributed by atoms with van der Waals surface area (Å²) < 4.78 is 6.69. The largest absolute Gasteiger partial charge is 0.411 e. The summed E-state index contributed by atoms with van der Waals surface area (Å²) in [6, 6.07) is 20.5. The van der Waals surface area contributed by atoms with Crippen molar-refractivity contribution >= 4 is 61.9 Å². The van der Waals surface area contributed by atoms with Gasteiger partial charge in [0.25, 0.3) is 5.22 Å². The van der Waals surface area contributed by atoms with Gasteiger partial charge in [0.05, 0.1) is 16.8 Å². The molecule has 0 atom stereocenters. The van der Waals surface area contributed by atoms with E-state index in [0.29, 0.717) is 16.1 Å². The minimum absolute atomic E-state index is 0.154. The molecule has 2 heterocycles. The van der Waals surface area contributed by atoms with Crippen molar-refractivity contribution in [2.24, 2.45) is 0 Å². The molecule has 5 rings (SSSR count). The molecule has 0 spiro atoms. The van der Waals surface area contributed by atoms with Gasteiger partial charge in [-0.25, -0.2) is 4.98 Å². The van der Waals surface area contributed by atoms with E-state index in [2.05, 4.69) is 41.4 Å². The molecule has 0 aliphatic carbocycles. The van der Waals surface area contributed by atoms with Crippen LogP contribution >= 0.6 is 39.3 Å². The first kappa shape index (κ1) is 21.7. The molecule has 2 aromatic heterocycles. The average Bonchev–Trinajstić information content (AvgIpc) is 3.46. The Morgan fingerprint density at radius 2 is 1.79 bits per heavy atom. The molecule has 5 aromatic rings. The number of aromatic nitrogens is 4. The Morgan fingerprint density at radius 1 is 1.03 bits per heavy atom. The molecular weight excluding hydrogens is 526 g/mol. The fourth-order valence-electron chi connectivity index (χ4n) is 3.13. The molecule has 0 fully saturated rings. The quantitative estimate of drug-likeness (QED) is 0.241. The van der Waals surface area contributed by atoms with E-state index in [1.165, 1.54) is 11.8 Å². The zero-order chi connectivity index (χ0) is 22.8. The molecule has 0 aliphatic heterocycles. The number of nitrogens with one attached hydrogen (secondary N) is 2. The van der Waals surface area contributed by atoms with Crippen LogP contribution in [0.5, 0.6) is 0 Å². The number of anilines is 1. The van der Waals surface area contributed by atoms with E-state index in [1.807, 2.05) is 66.7 Å². The van der Waals surface area contributed by atoms with Gasteiger partial charge in [-0.2, -0.15) is 0 Å². The normalized spacial score (nSPS) is 11.1. The van der Waals surface area contributed by atoms with E-state index in [-0.39, 0.29) is 11.7 Å². The van der Waals surface area contributed by atoms with Gasteiger partial charge in [-0.15, -0.1) is 10.2 Å². The van der Waals surface area contributed by atoms with Gasteiger partial charge in [-0.05, 0) is 66.7 Å². The highest BCUT2D eigenvalue weighted by molar-refractivity contribution is 9.10. The minimum Gasteiger partial charge on any atom is -0.411 e. The first-order chi connectivity index (χ1) is 16.0. The van der Waals surface area contributed by atoms with Crippen molar-refractivity contribution in [2.75, 3.05) is 11.1 Å². The van der Waals surface area contributed by atoms with Crippen LogP contribution in [0.1, 0.15) is 0 Å². The standard InChI is InChI=1S/C23H15BrClN5O2S/c24-15-4-8-17(9-5-15)26-20(31)12-33-23-30-29-22(32-23)14-3-10-18-19(11-14)28-21(27-18)13-1-6-16(25)7-2-13/h1-11H,12H2,(H,26,31)(H,27,28). The van der Waals surface area contributed by atoms with Gasteiger partial charge >= 0.3 is 0 Å². The summed E-state index contributed by atoms with van der Waals surface area (Å²) >= 11 is 10.5. The molecule has 0 unspecified atom stereocenters. The van der Waals surface area contributed by atoms with Gasteiger partial charge in [-0.1, -0.05) is 39.3 Å². The second-order valence-corrected chi connectivity index (χ2v) is 9.32. The summed E-state index contributed by atoms with van der Waals surface area (Å²) in [6.45, 7) is 0. The smallest absolute Gasteiger partial charge is 0.277 e. The summed E-state index contributed by atoms with van der Waals surface area (Å²) in [5, 5.41) is 12.0. The maximum absolute atomic E-state index is 12.2. The molecule has 0 aliphatic rings. The third kappa shape index (κ3) is 5.11. The van der Waals surface area contributed by atoms with Gasteiger partial charge in [0, 0.05) is 26.3 Å². The molecule has 10 heteroatoms. The Bertz CT molecular complexity index is 1430. The second kappa shape index (κ2) is 9.38. The number of benzene rings is 3. The van der Waals surface area contributed by atoms with Crippen molar-refractivity contribution < 1.29 is 9.21 Å². The zero-order valence-corrected chi connectivity index (χ0v) is 20.0. The number of H-pyrrole nitrogens is 1. The minimum atomic E-state index is -0.157. The van der Waals surface area contributed by atoms with Gasteiger partial charge in [0.1, 0.15) is 5.82 Å². The highest BCUT2D eigenvalue weighted by Gasteiger charge is 2.13. The first-order valence-corrected chi connectivity index (χ1v) is 12.0. The molecular formula is C23H15BrClN5O2S. The number of hydrogen-bond acceptors (Lipinski definition) is 6. The van der Waals surface area contributed by atoms with E-state index >= 15 is 0 Å². The molecule has 0 bridgehead atoms. The van der Waals surface area contributed by atoms with E-state index in [0.717, 1.165) is 38.1 Å². The van der Waals surface area contributed by atoms with Gasteiger partial charge < -0.3 is 14.7 Å². The SMILES string of the molecule is O=C(CSc1nnc(-c2ccc3nc(-c4ccc(Cl)cc4)[nH]c3c2)o1)Nc1ccc(Br)cc1. The molecule has 0 radical (unpaired) electrons. The van der Waals surface area contributed by atoms with Crippen molar-refractivity contribution in [1.29, 1.82) is 0 Å². The average molecular weight is 541 g/mol. The van der Waals surface area contributed by atoms with Crippen LogP contribution in [0.3, 0.4) is 0 Å². The summed E-state index contributed by atoms with van der Waals surface area (Å²) in [4.78, 5) is 20.1. The number of hydrogen-bond donors (Lipinski definition) is 2. The Hall–Kier alpha value is -3.14. The molecule has 7 nitrogen and oxygen atoms in total. The lowest BCUT2D eigenvalue weighted by Crippen LogP contribution is -2.13. The molecule has 0 saturated carbocycles. The van der Waals surface area contributed by atoms with Crippen LogP contribution < -0.4 is 5.32 Å². The van der Waals surface area contributed by atoms with Crippen LogP contribution in [0.25, 0.3) is 33.9 Å². The van der Waals surface area contributed by atoms with Crippen molar-refractivity contribution in [3.05, 3.63) is 76.2 Å². The monoisotopic (exact) mass is 539 g/mol. The Morgan fingerprint density at radius 3 is 2.58 bits per heavy atom. The number of amides is 1. The number of imidazole rings is 1. The van der Waals surface area contributed by atoms with Gasteiger partial charge in [0.2, 0.25) is 11.8 Å². The van der Waals surface area contributed by atoms with E-state index in [4.69, 9.17) is 16.0 Å². The first-order valence-electron chi connectivity index (χ1n) is 9.81. The van der Waals surface area contributed by atoms with Crippen LogP contribution in [0, 0.1) is 0 Å². The summed E-state index contributed by atoms with van der Waals surface area (Å²) in [5.74, 6) is 1.12. The fraction of sp³-hybridized carbons (Fsp3) is 0.0435. The molecule has 3 aromatic carbocycles. The molecule has 0 saturated heterocycles. The van der Waals surface area contributed by atoms with Gasteiger partial charge in [-0.3, -0.25) is 4.79 Å². The number of nitrogens with zero attached hydrogens (tertiary/aromatic N) is 3. The van der Waals surface area contributed by atoms with Crippen molar-refractivity contribution in [2.45, 2.75) is 5.22 Å². The van der Waals surface area contributed by atoms with Crippen LogP contribution in [-0.4, -0.2) is 31.8 Å². The Kier molecular flexibility index (Phi) is 6.17. The maximum Gasteiger partial charge on any atom is 0.277 e. The molecule has 1 amide bonds. The highest BCUT2D eigenvalue weighted by Crippen LogP contribution is 2.28. The van der Waals surface area contributed by atoms with Crippen LogP contribution in [0.15, 0.2) is 80.8 Å². The number of rotatable bonds is 6. The number of halogens is 2. The topological polar surface area (TPSA) is 96.7 Å². The van der Waals surface area contributed by atoms with E-state index in [9.17, 15) is 4.79 Å². The van der Waals surface area contributed by atoms with Crippen molar-refractivity contribution in [1.82, 2.24) is 20.2 Å². The van der Waals surface area contributed by atoms with Crippen LogP contribution in [0.4, 0.5) is 5.69 Å². The Balaban J connectivity index is 1.26. The predicted molar refractivity (Wildman–Crippen MR) is 133 cm³/mol. The molecule has 2 N–H and O–H groups in total. The fourth-order valence-corrected chi connectivity index (χ4v) is 4.08. The van der Waals surface area contributed by atoms with Gasteiger partial charge in [0.15, 0.2) is 0 Å². The lowest BCUT2D eigenvalue weighted by atomic mass is 10.2. The lowest BCUT2D eigenvalue weighted by Gasteiger charge is -2.03. The van der Waals surface area contributed by atoms with Crippen molar-refractivity contribution in [3.8, 4) is 22.8 Å². The summed E-state index contributed by atoms with van der Waals surface area (Å²) in [5.41, 5.74) is 4.09. The van der Waals surface area contributed by atoms with E-state index < -0.39 is 0 Å². The number of thioether (sulfide) groups is 1. The third-order valence-corrected chi connectivity index (χ3v) is 6.31. The second-order valence-electron chi connectivity index (χ2n) is 7.04. The number of carbonyl (C=O) groups excluding carboxylic acids is 1. The number of fused-ring (bicyclic) bond motifs is 1. The number of carbonyl (C=O) groups is 1. The summed E-state index contributed by atoms with van der Waals surface area (Å²) in [6.07, 6.45) is 0. The predicted octanol–water partition coefficient (Wildman–Crippen LogP) is 6.43. The zero-order valence-electron chi connectivity index (χ0n) is 16.9. The molecule has 33 heavy (non-hydrogen) atoms. The lowest BCUT2D eigenvalue weighted by molar-refractivity contribution is -0.113. The highest BCUT2D eigenvalue weighted by atomic mass is 79.9. The summed E-state index contributed by atoms with van der Waals surface area (Å²) in [7, 11) is 0. The van der Waals surface area contributed by atoms with Crippen molar-refractivity contribution in [3.63, 3.8) is 0 Å². The van der Waals surface area contributed by atoms with Crippen LogP contribution in [0.2, 0.25) is 5.02 Å². The Labute approximate surface area is 206 Å². The van der Waals surface area contributed by atoms with Crippen LogP contribution in [-0.2, 0) is 4.79 Å². The molecule has 164 valence electrons.